The molecule has 1 heterocycles. The van der Waals surface area contributed by atoms with Gasteiger partial charge in [-0.15, -0.1) is 0 Å². The maximum absolute atomic E-state index is 9.21. The highest BCUT2D eigenvalue weighted by Crippen LogP contribution is 2.30. The number of piperidine rings is 1. The Bertz CT molecular complexity index is 475. The molecule has 0 aromatic heterocycles. The van der Waals surface area contributed by atoms with Crippen LogP contribution in [-0.4, -0.2) is 18.6 Å². The molecule has 1 saturated heterocycles. The number of nitrogens with two attached hydrogens (primary N) is 1. The van der Waals surface area contributed by atoms with E-state index in [1.807, 2.05) is 0 Å². The number of rotatable bonds is 2. The topological polar surface area (TPSA) is 53.0 Å². The Balaban J connectivity index is 2.35. The third kappa shape index (κ3) is 2.34. The van der Waals surface area contributed by atoms with E-state index in [0.717, 1.165) is 25.8 Å². The molecule has 1 fully saturated rings. The highest BCUT2D eigenvalue weighted by atomic mass is 15.2. The van der Waals surface area contributed by atoms with E-state index < -0.39 is 5.54 Å². The quantitative estimate of drug-likeness (QED) is 0.867. The molecule has 0 spiro atoms. The van der Waals surface area contributed by atoms with E-state index in [4.69, 9.17) is 5.73 Å². The van der Waals surface area contributed by atoms with Gasteiger partial charge in [0, 0.05) is 18.8 Å². The molecule has 1 aromatic carbocycles. The van der Waals surface area contributed by atoms with Gasteiger partial charge >= 0.3 is 0 Å². The van der Waals surface area contributed by atoms with E-state index in [2.05, 4.69) is 43.0 Å². The molecule has 0 aliphatic carbocycles. The van der Waals surface area contributed by atoms with Gasteiger partial charge < -0.3 is 10.6 Å². The van der Waals surface area contributed by atoms with Crippen molar-refractivity contribution in [1.82, 2.24) is 0 Å². The van der Waals surface area contributed by atoms with Gasteiger partial charge in [0.05, 0.1) is 6.07 Å². The molecular formula is C15H21N3. The van der Waals surface area contributed by atoms with Gasteiger partial charge in [-0.2, -0.15) is 5.26 Å². The van der Waals surface area contributed by atoms with E-state index in [0.29, 0.717) is 6.54 Å². The average Bonchev–Trinajstić information content (AvgIpc) is 2.38. The Morgan fingerprint density at radius 2 is 2.28 bits per heavy atom. The molecule has 3 nitrogen and oxygen atoms in total. The van der Waals surface area contributed by atoms with Crippen molar-refractivity contribution in [3.63, 3.8) is 0 Å². The largest absolute Gasteiger partial charge is 0.368 e. The number of hydrogen-bond acceptors (Lipinski definition) is 3. The van der Waals surface area contributed by atoms with Crippen molar-refractivity contribution in [1.29, 1.82) is 5.26 Å². The van der Waals surface area contributed by atoms with Crippen LogP contribution in [0.15, 0.2) is 18.2 Å². The molecule has 1 aliphatic rings. The number of anilines is 1. The Labute approximate surface area is 109 Å². The normalized spacial score (nSPS) is 23.8. The van der Waals surface area contributed by atoms with Crippen molar-refractivity contribution in [2.24, 2.45) is 5.73 Å². The molecule has 96 valence electrons. The molecule has 3 heteroatoms. The van der Waals surface area contributed by atoms with Crippen molar-refractivity contribution in [2.75, 3.05) is 18.0 Å². The molecule has 0 bridgehead atoms. The standard InChI is InChI=1S/C15H21N3/c1-3-13-7-4-6-12(2)14(13)18-9-5-8-15(17,10-16)11-18/h4,6-7H,3,5,8-9,11,17H2,1-2H3. The summed E-state index contributed by atoms with van der Waals surface area (Å²) < 4.78 is 0. The molecular weight excluding hydrogens is 222 g/mol. The maximum atomic E-state index is 9.21. The number of nitriles is 1. The van der Waals surface area contributed by atoms with Gasteiger partial charge in [0.1, 0.15) is 5.54 Å². The summed E-state index contributed by atoms with van der Waals surface area (Å²) in [6.45, 7) is 5.94. The smallest absolute Gasteiger partial charge is 0.121 e. The lowest BCUT2D eigenvalue weighted by molar-refractivity contribution is 0.423. The molecule has 1 aliphatic heterocycles. The van der Waals surface area contributed by atoms with Gasteiger partial charge in [0.25, 0.3) is 0 Å². The summed E-state index contributed by atoms with van der Waals surface area (Å²) in [4.78, 5) is 2.29. The monoisotopic (exact) mass is 243 g/mol. The van der Waals surface area contributed by atoms with Crippen molar-refractivity contribution in [2.45, 2.75) is 38.6 Å². The van der Waals surface area contributed by atoms with Crippen LogP contribution in [0, 0.1) is 18.3 Å². The average molecular weight is 243 g/mol. The summed E-state index contributed by atoms with van der Waals surface area (Å²) >= 11 is 0. The first-order valence-corrected chi connectivity index (χ1v) is 6.63. The van der Waals surface area contributed by atoms with Gasteiger partial charge in [-0.25, -0.2) is 0 Å². The molecule has 0 radical (unpaired) electrons. The first-order valence-electron chi connectivity index (χ1n) is 6.63. The van der Waals surface area contributed by atoms with E-state index in [1.54, 1.807) is 0 Å². The molecule has 2 rings (SSSR count). The Morgan fingerprint density at radius 3 is 2.94 bits per heavy atom. The van der Waals surface area contributed by atoms with E-state index in [1.165, 1.54) is 16.8 Å². The predicted octanol–water partition coefficient (Wildman–Crippen LogP) is 2.38. The van der Waals surface area contributed by atoms with Crippen LogP contribution in [0.1, 0.15) is 30.9 Å². The van der Waals surface area contributed by atoms with Crippen LogP contribution in [0.25, 0.3) is 0 Å². The van der Waals surface area contributed by atoms with Crippen molar-refractivity contribution < 1.29 is 0 Å². The Hall–Kier alpha value is -1.53. The second-order valence-electron chi connectivity index (χ2n) is 5.23. The minimum atomic E-state index is -0.689. The van der Waals surface area contributed by atoms with Gasteiger partial charge in [-0.3, -0.25) is 0 Å². The zero-order valence-corrected chi connectivity index (χ0v) is 11.2. The summed E-state index contributed by atoms with van der Waals surface area (Å²) in [6, 6.07) is 8.67. The van der Waals surface area contributed by atoms with Crippen LogP contribution in [0.5, 0.6) is 0 Å². The zero-order valence-electron chi connectivity index (χ0n) is 11.2. The lowest BCUT2D eigenvalue weighted by Gasteiger charge is -2.38. The fourth-order valence-electron chi connectivity index (χ4n) is 2.82. The first kappa shape index (κ1) is 12.9. The van der Waals surface area contributed by atoms with E-state index >= 15 is 0 Å². The fraction of sp³-hybridized carbons (Fsp3) is 0.533. The summed E-state index contributed by atoms with van der Waals surface area (Å²) in [5, 5.41) is 9.21. The van der Waals surface area contributed by atoms with Gasteiger partial charge in [-0.1, -0.05) is 25.1 Å². The number of aryl methyl sites for hydroxylation is 2. The van der Waals surface area contributed by atoms with E-state index in [-0.39, 0.29) is 0 Å². The molecule has 1 aromatic rings. The minimum Gasteiger partial charge on any atom is -0.368 e. The van der Waals surface area contributed by atoms with Crippen LogP contribution >= 0.6 is 0 Å². The van der Waals surface area contributed by atoms with E-state index in [9.17, 15) is 5.26 Å². The second kappa shape index (κ2) is 4.99. The van der Waals surface area contributed by atoms with Gasteiger partial charge in [-0.05, 0) is 37.3 Å². The van der Waals surface area contributed by atoms with Crippen LogP contribution in [0.2, 0.25) is 0 Å². The van der Waals surface area contributed by atoms with Crippen molar-refractivity contribution in [3.05, 3.63) is 29.3 Å². The highest BCUT2D eigenvalue weighted by molar-refractivity contribution is 5.60. The SMILES string of the molecule is CCc1cccc(C)c1N1CCCC(N)(C#N)C1. The van der Waals surface area contributed by atoms with Crippen molar-refractivity contribution >= 4 is 5.69 Å². The fourth-order valence-corrected chi connectivity index (χ4v) is 2.82. The molecule has 2 N–H and O–H groups in total. The Morgan fingerprint density at radius 1 is 1.50 bits per heavy atom. The maximum Gasteiger partial charge on any atom is 0.121 e. The van der Waals surface area contributed by atoms with Crippen molar-refractivity contribution in [3.8, 4) is 6.07 Å². The highest BCUT2D eigenvalue weighted by Gasteiger charge is 2.32. The number of benzene rings is 1. The summed E-state index contributed by atoms with van der Waals surface area (Å²) in [5.74, 6) is 0. The van der Waals surface area contributed by atoms with Gasteiger partial charge in [0.15, 0.2) is 0 Å². The molecule has 1 atom stereocenters. The molecule has 0 amide bonds. The zero-order chi connectivity index (χ0) is 13.2. The van der Waals surface area contributed by atoms with Crippen LogP contribution < -0.4 is 10.6 Å². The van der Waals surface area contributed by atoms with Crippen LogP contribution in [0.4, 0.5) is 5.69 Å². The van der Waals surface area contributed by atoms with Crippen LogP contribution in [-0.2, 0) is 6.42 Å². The third-order valence-corrected chi connectivity index (χ3v) is 3.77. The molecule has 18 heavy (non-hydrogen) atoms. The second-order valence-corrected chi connectivity index (χ2v) is 5.23. The lowest BCUT2D eigenvalue weighted by atomic mass is 9.90. The number of hydrogen-bond donors (Lipinski definition) is 1. The minimum absolute atomic E-state index is 0.640. The predicted molar refractivity (Wildman–Crippen MR) is 74.5 cm³/mol. The third-order valence-electron chi connectivity index (χ3n) is 3.77. The Kier molecular flexibility index (Phi) is 3.58. The first-order chi connectivity index (χ1) is 8.59. The van der Waals surface area contributed by atoms with Crippen LogP contribution in [0.3, 0.4) is 0 Å². The number of nitrogens with zero attached hydrogens (tertiary/aromatic N) is 2. The summed E-state index contributed by atoms with van der Waals surface area (Å²) in [5.41, 5.74) is 9.34. The summed E-state index contributed by atoms with van der Waals surface area (Å²) in [7, 11) is 0. The number of para-hydroxylation sites is 1. The summed E-state index contributed by atoms with van der Waals surface area (Å²) in [6.07, 6.45) is 2.80. The lowest BCUT2D eigenvalue weighted by Crippen LogP contribution is -2.53. The molecule has 0 saturated carbocycles. The van der Waals surface area contributed by atoms with Gasteiger partial charge in [0.2, 0.25) is 0 Å². The molecule has 1 unspecified atom stereocenters.